The first-order valence-corrected chi connectivity index (χ1v) is 8.15. The molecule has 0 spiro atoms. The summed E-state index contributed by atoms with van der Waals surface area (Å²) in [6, 6.07) is 5.42. The van der Waals surface area contributed by atoms with Gasteiger partial charge in [-0.05, 0) is 61.8 Å². The molecule has 0 saturated heterocycles. The van der Waals surface area contributed by atoms with E-state index in [2.05, 4.69) is 19.2 Å². The molecule has 2 rings (SSSR count). The molecule has 1 aliphatic carbocycles. The highest BCUT2D eigenvalue weighted by Gasteiger charge is 2.29. The summed E-state index contributed by atoms with van der Waals surface area (Å²) in [4.78, 5) is 0. The predicted molar refractivity (Wildman–Crippen MR) is 83.7 cm³/mol. The summed E-state index contributed by atoms with van der Waals surface area (Å²) >= 11 is 5.83. The SMILES string of the molecule is CCCNC(Cc1ccc(Cl)cc1F)C1CCC(C)C1. The molecule has 3 heteroatoms. The van der Waals surface area contributed by atoms with Crippen LogP contribution in [0.4, 0.5) is 4.39 Å². The van der Waals surface area contributed by atoms with Gasteiger partial charge in [-0.2, -0.15) is 0 Å². The van der Waals surface area contributed by atoms with Gasteiger partial charge in [0.05, 0.1) is 0 Å². The first-order chi connectivity index (χ1) is 9.60. The van der Waals surface area contributed by atoms with E-state index in [-0.39, 0.29) is 5.82 Å². The van der Waals surface area contributed by atoms with Crippen molar-refractivity contribution in [3.05, 3.63) is 34.6 Å². The molecule has 1 aromatic rings. The minimum absolute atomic E-state index is 0.174. The van der Waals surface area contributed by atoms with Crippen molar-refractivity contribution in [3.63, 3.8) is 0 Å². The van der Waals surface area contributed by atoms with Gasteiger partial charge < -0.3 is 5.32 Å². The third-order valence-corrected chi connectivity index (χ3v) is 4.65. The predicted octanol–water partition coefficient (Wildman–Crippen LogP) is 4.83. The molecule has 0 heterocycles. The maximum Gasteiger partial charge on any atom is 0.127 e. The van der Waals surface area contributed by atoms with E-state index in [0.29, 0.717) is 17.0 Å². The van der Waals surface area contributed by atoms with Crippen LogP contribution in [0.25, 0.3) is 0 Å². The molecule has 1 nitrogen and oxygen atoms in total. The quantitative estimate of drug-likeness (QED) is 0.793. The second kappa shape index (κ2) is 7.42. The fourth-order valence-electron chi connectivity index (χ4n) is 3.28. The van der Waals surface area contributed by atoms with Gasteiger partial charge in [0.25, 0.3) is 0 Å². The van der Waals surface area contributed by atoms with Gasteiger partial charge >= 0.3 is 0 Å². The third-order valence-electron chi connectivity index (χ3n) is 4.42. The van der Waals surface area contributed by atoms with Crippen LogP contribution in [0.1, 0.15) is 45.1 Å². The number of hydrogen-bond donors (Lipinski definition) is 1. The molecule has 0 radical (unpaired) electrons. The molecule has 1 aliphatic rings. The maximum absolute atomic E-state index is 14.0. The molecule has 0 aliphatic heterocycles. The van der Waals surface area contributed by atoms with E-state index in [0.717, 1.165) is 30.9 Å². The van der Waals surface area contributed by atoms with E-state index >= 15 is 0 Å². The summed E-state index contributed by atoms with van der Waals surface area (Å²) in [6.07, 6.45) is 5.70. The van der Waals surface area contributed by atoms with Crippen LogP contribution in [0.5, 0.6) is 0 Å². The van der Waals surface area contributed by atoms with Gasteiger partial charge in [0.2, 0.25) is 0 Å². The summed E-state index contributed by atoms with van der Waals surface area (Å²) in [5.41, 5.74) is 0.780. The van der Waals surface area contributed by atoms with E-state index in [1.54, 1.807) is 6.07 Å². The van der Waals surface area contributed by atoms with Gasteiger partial charge in [-0.15, -0.1) is 0 Å². The first kappa shape index (κ1) is 15.8. The lowest BCUT2D eigenvalue weighted by molar-refractivity contribution is 0.345. The molecule has 0 amide bonds. The molecule has 20 heavy (non-hydrogen) atoms. The van der Waals surface area contributed by atoms with Crippen LogP contribution in [0.15, 0.2) is 18.2 Å². The topological polar surface area (TPSA) is 12.0 Å². The molecule has 1 aromatic carbocycles. The van der Waals surface area contributed by atoms with Gasteiger partial charge in [-0.1, -0.05) is 37.9 Å². The molecule has 3 unspecified atom stereocenters. The standard InChI is InChI=1S/C17H25ClFN/c1-3-8-20-17(14-5-4-12(2)9-14)10-13-6-7-15(18)11-16(13)19/h6-7,11-12,14,17,20H,3-5,8-10H2,1-2H3. The molecular weight excluding hydrogens is 273 g/mol. The average Bonchev–Trinajstić information content (AvgIpc) is 2.83. The lowest BCUT2D eigenvalue weighted by Crippen LogP contribution is -2.38. The lowest BCUT2D eigenvalue weighted by Gasteiger charge is -2.25. The van der Waals surface area contributed by atoms with E-state index in [1.807, 2.05) is 6.07 Å². The van der Waals surface area contributed by atoms with Crippen LogP contribution in [0.2, 0.25) is 5.02 Å². The largest absolute Gasteiger partial charge is 0.313 e. The van der Waals surface area contributed by atoms with Gasteiger partial charge in [-0.3, -0.25) is 0 Å². The highest BCUT2D eigenvalue weighted by atomic mass is 35.5. The smallest absolute Gasteiger partial charge is 0.127 e. The Morgan fingerprint density at radius 2 is 2.20 bits per heavy atom. The fraction of sp³-hybridized carbons (Fsp3) is 0.647. The molecule has 1 fully saturated rings. The van der Waals surface area contributed by atoms with Crippen molar-refractivity contribution >= 4 is 11.6 Å². The van der Waals surface area contributed by atoms with Crippen LogP contribution in [-0.2, 0) is 6.42 Å². The Hall–Kier alpha value is -0.600. The van der Waals surface area contributed by atoms with E-state index in [9.17, 15) is 4.39 Å². The molecule has 3 atom stereocenters. The van der Waals surface area contributed by atoms with Crippen molar-refractivity contribution in [2.45, 2.75) is 52.0 Å². The second-order valence-electron chi connectivity index (χ2n) is 6.18. The van der Waals surface area contributed by atoms with Crippen molar-refractivity contribution in [2.75, 3.05) is 6.54 Å². The molecule has 112 valence electrons. The molecule has 0 aromatic heterocycles. The van der Waals surface area contributed by atoms with Crippen LogP contribution >= 0.6 is 11.6 Å². The Bertz CT molecular complexity index is 435. The zero-order valence-electron chi connectivity index (χ0n) is 12.5. The van der Waals surface area contributed by atoms with Crippen LogP contribution in [0.3, 0.4) is 0 Å². The lowest BCUT2D eigenvalue weighted by atomic mass is 9.91. The van der Waals surface area contributed by atoms with Crippen molar-refractivity contribution < 1.29 is 4.39 Å². The monoisotopic (exact) mass is 297 g/mol. The Morgan fingerprint density at radius 1 is 1.40 bits per heavy atom. The Balaban J connectivity index is 2.06. The number of nitrogens with one attached hydrogen (secondary N) is 1. The van der Waals surface area contributed by atoms with Gasteiger partial charge in [0.15, 0.2) is 0 Å². The van der Waals surface area contributed by atoms with Crippen molar-refractivity contribution in [3.8, 4) is 0 Å². The highest BCUT2D eigenvalue weighted by Crippen LogP contribution is 2.34. The molecule has 0 bridgehead atoms. The summed E-state index contributed by atoms with van der Waals surface area (Å²) in [5.74, 6) is 1.31. The maximum atomic E-state index is 14.0. The first-order valence-electron chi connectivity index (χ1n) is 7.77. The Kier molecular flexibility index (Phi) is 5.86. The normalized spacial score (nSPS) is 24.0. The third kappa shape index (κ3) is 4.20. The fourth-order valence-corrected chi connectivity index (χ4v) is 3.43. The average molecular weight is 298 g/mol. The summed E-state index contributed by atoms with van der Waals surface area (Å²) < 4.78 is 14.0. The number of benzene rings is 1. The summed E-state index contributed by atoms with van der Waals surface area (Å²) in [6.45, 7) is 5.49. The number of halogens is 2. The number of hydrogen-bond acceptors (Lipinski definition) is 1. The Labute approximate surface area is 126 Å². The van der Waals surface area contributed by atoms with Crippen molar-refractivity contribution in [1.29, 1.82) is 0 Å². The number of rotatable bonds is 6. The molecular formula is C17H25ClFN. The summed E-state index contributed by atoms with van der Waals surface area (Å²) in [7, 11) is 0. The molecule has 1 N–H and O–H groups in total. The van der Waals surface area contributed by atoms with Crippen molar-refractivity contribution in [1.82, 2.24) is 5.32 Å². The zero-order chi connectivity index (χ0) is 14.5. The summed E-state index contributed by atoms with van der Waals surface area (Å²) in [5, 5.41) is 4.09. The van der Waals surface area contributed by atoms with Crippen molar-refractivity contribution in [2.24, 2.45) is 11.8 Å². The highest BCUT2D eigenvalue weighted by molar-refractivity contribution is 6.30. The second-order valence-corrected chi connectivity index (χ2v) is 6.62. The minimum Gasteiger partial charge on any atom is -0.313 e. The van der Waals surface area contributed by atoms with Crippen LogP contribution in [0, 0.1) is 17.7 Å². The van der Waals surface area contributed by atoms with Gasteiger partial charge in [-0.25, -0.2) is 4.39 Å². The van der Waals surface area contributed by atoms with Gasteiger partial charge in [0.1, 0.15) is 5.82 Å². The minimum atomic E-state index is -0.174. The van der Waals surface area contributed by atoms with Crippen LogP contribution < -0.4 is 5.32 Å². The van der Waals surface area contributed by atoms with E-state index in [1.165, 1.54) is 25.3 Å². The van der Waals surface area contributed by atoms with E-state index < -0.39 is 0 Å². The van der Waals surface area contributed by atoms with E-state index in [4.69, 9.17) is 11.6 Å². The Morgan fingerprint density at radius 3 is 2.80 bits per heavy atom. The zero-order valence-corrected chi connectivity index (χ0v) is 13.2. The van der Waals surface area contributed by atoms with Crippen LogP contribution in [-0.4, -0.2) is 12.6 Å². The van der Waals surface area contributed by atoms with Gasteiger partial charge in [0, 0.05) is 11.1 Å². The molecule has 1 saturated carbocycles.